The van der Waals surface area contributed by atoms with Crippen molar-refractivity contribution in [3.05, 3.63) is 24.3 Å². The zero-order valence-corrected chi connectivity index (χ0v) is 9.32. The molecule has 2 N–H and O–H groups in total. The predicted molar refractivity (Wildman–Crippen MR) is 55.5 cm³/mol. The van der Waals surface area contributed by atoms with Gasteiger partial charge in [0.25, 0.3) is 0 Å². The maximum atomic E-state index is 12.9. The first-order chi connectivity index (χ1) is 7.50. The van der Waals surface area contributed by atoms with Crippen LogP contribution in [0.3, 0.4) is 0 Å². The highest BCUT2D eigenvalue weighted by molar-refractivity contribution is 7.89. The minimum absolute atomic E-state index is 0.124. The summed E-state index contributed by atoms with van der Waals surface area (Å²) in [5.74, 6) is -0.662. The fraction of sp³-hybridized carbons (Fsp3) is 0.444. The van der Waals surface area contributed by atoms with Crippen molar-refractivity contribution in [2.24, 2.45) is 5.73 Å². The van der Waals surface area contributed by atoms with E-state index in [1.807, 2.05) is 0 Å². The number of aromatic nitrogens is 1. The van der Waals surface area contributed by atoms with E-state index in [-0.39, 0.29) is 17.5 Å². The fourth-order valence-electron chi connectivity index (χ4n) is 1.65. The van der Waals surface area contributed by atoms with E-state index in [1.165, 1.54) is 4.31 Å². The second kappa shape index (κ2) is 4.08. The molecule has 0 saturated carbocycles. The van der Waals surface area contributed by atoms with Crippen LogP contribution >= 0.6 is 0 Å². The third kappa shape index (κ3) is 2.06. The van der Waals surface area contributed by atoms with E-state index in [4.69, 9.17) is 5.73 Å². The molecule has 1 fully saturated rings. The molecule has 1 aromatic rings. The van der Waals surface area contributed by atoms with Gasteiger partial charge in [0.15, 0.2) is 0 Å². The second-order valence-corrected chi connectivity index (χ2v) is 5.69. The lowest BCUT2D eigenvalue weighted by Crippen LogP contribution is -2.32. The Morgan fingerprint density at radius 1 is 1.50 bits per heavy atom. The molecule has 0 bridgehead atoms. The summed E-state index contributed by atoms with van der Waals surface area (Å²) in [6.45, 7) is 0.652. The normalized spacial score (nSPS) is 22.5. The molecule has 2 rings (SSSR count). The van der Waals surface area contributed by atoms with Crippen molar-refractivity contribution in [2.75, 3.05) is 13.1 Å². The number of pyridine rings is 1. The molecule has 7 heteroatoms. The smallest absolute Gasteiger partial charge is 0.244 e. The molecule has 5 nitrogen and oxygen atoms in total. The first kappa shape index (κ1) is 11.4. The zero-order valence-electron chi connectivity index (χ0n) is 8.51. The van der Waals surface area contributed by atoms with E-state index in [0.29, 0.717) is 13.0 Å². The van der Waals surface area contributed by atoms with Crippen molar-refractivity contribution in [2.45, 2.75) is 17.4 Å². The summed E-state index contributed by atoms with van der Waals surface area (Å²) in [7, 11) is -3.64. The average molecular weight is 245 g/mol. The Kier molecular flexibility index (Phi) is 2.92. The van der Waals surface area contributed by atoms with Gasteiger partial charge in [0.05, 0.1) is 6.20 Å². The molecule has 88 valence electrons. The zero-order chi connectivity index (χ0) is 11.8. The molecule has 2 heterocycles. The molecule has 16 heavy (non-hydrogen) atoms. The number of nitrogens with two attached hydrogens (primary N) is 1. The summed E-state index contributed by atoms with van der Waals surface area (Å²) >= 11 is 0. The van der Waals surface area contributed by atoms with Crippen LogP contribution in [0.15, 0.2) is 23.4 Å². The van der Waals surface area contributed by atoms with Gasteiger partial charge in [0.2, 0.25) is 10.0 Å². The molecule has 1 saturated heterocycles. The molecule has 1 atom stereocenters. The van der Waals surface area contributed by atoms with Gasteiger partial charge >= 0.3 is 0 Å². The van der Waals surface area contributed by atoms with Crippen LogP contribution in [0.25, 0.3) is 0 Å². The Labute approximate surface area is 93.1 Å². The lowest BCUT2D eigenvalue weighted by Gasteiger charge is -2.15. The summed E-state index contributed by atoms with van der Waals surface area (Å²) < 4.78 is 38.1. The SMILES string of the molecule is N[C@H]1CCN(S(=O)(=O)c2cncc(F)c2)C1. The molecule has 0 radical (unpaired) electrons. The average Bonchev–Trinajstić information content (AvgIpc) is 2.65. The lowest BCUT2D eigenvalue weighted by molar-refractivity contribution is 0.471. The number of halogens is 1. The first-order valence-electron chi connectivity index (χ1n) is 4.86. The van der Waals surface area contributed by atoms with Crippen LogP contribution < -0.4 is 5.73 Å². The Morgan fingerprint density at radius 2 is 2.25 bits per heavy atom. The Morgan fingerprint density at radius 3 is 2.81 bits per heavy atom. The number of hydrogen-bond donors (Lipinski definition) is 1. The van der Waals surface area contributed by atoms with Crippen molar-refractivity contribution in [3.8, 4) is 0 Å². The molecule has 0 aromatic carbocycles. The Hall–Kier alpha value is -1.05. The first-order valence-corrected chi connectivity index (χ1v) is 6.30. The van der Waals surface area contributed by atoms with E-state index in [1.54, 1.807) is 0 Å². The highest BCUT2D eigenvalue weighted by Crippen LogP contribution is 2.19. The van der Waals surface area contributed by atoms with E-state index < -0.39 is 15.8 Å². The summed E-state index contributed by atoms with van der Waals surface area (Å²) in [4.78, 5) is 3.41. The summed E-state index contributed by atoms with van der Waals surface area (Å²) in [5, 5.41) is 0. The van der Waals surface area contributed by atoms with E-state index in [2.05, 4.69) is 4.98 Å². The van der Waals surface area contributed by atoms with Crippen LogP contribution in [0.2, 0.25) is 0 Å². The van der Waals surface area contributed by atoms with Crippen LogP contribution in [-0.2, 0) is 10.0 Å². The number of hydrogen-bond acceptors (Lipinski definition) is 4. The molecule has 0 spiro atoms. The third-order valence-electron chi connectivity index (χ3n) is 2.51. The summed E-state index contributed by atoms with van der Waals surface area (Å²) in [6.07, 6.45) is 2.74. The van der Waals surface area contributed by atoms with Crippen LogP contribution in [0.5, 0.6) is 0 Å². The molecular formula is C9H12FN3O2S. The van der Waals surface area contributed by atoms with Crippen molar-refractivity contribution < 1.29 is 12.8 Å². The van der Waals surface area contributed by atoms with E-state index in [0.717, 1.165) is 18.5 Å². The van der Waals surface area contributed by atoms with Gasteiger partial charge in [-0.25, -0.2) is 12.8 Å². The molecule has 0 amide bonds. The molecule has 0 aliphatic carbocycles. The molecular weight excluding hydrogens is 233 g/mol. The molecule has 1 aromatic heterocycles. The fourth-order valence-corrected chi connectivity index (χ4v) is 3.14. The second-order valence-electron chi connectivity index (χ2n) is 3.75. The minimum atomic E-state index is -3.64. The van der Waals surface area contributed by atoms with E-state index in [9.17, 15) is 12.8 Å². The molecule has 1 aliphatic rings. The van der Waals surface area contributed by atoms with Gasteiger partial charge in [-0.05, 0) is 12.5 Å². The Bertz CT molecular complexity index is 491. The largest absolute Gasteiger partial charge is 0.326 e. The highest BCUT2D eigenvalue weighted by atomic mass is 32.2. The standard InChI is InChI=1S/C9H12FN3O2S/c10-7-3-9(5-12-4-7)16(14,15)13-2-1-8(11)6-13/h3-5,8H,1-2,6,11H2/t8-/m0/s1. The topological polar surface area (TPSA) is 76.3 Å². The maximum absolute atomic E-state index is 12.9. The number of sulfonamides is 1. The van der Waals surface area contributed by atoms with Gasteiger partial charge in [-0.2, -0.15) is 4.31 Å². The predicted octanol–water partition coefficient (Wildman–Crippen LogP) is -0.0576. The van der Waals surface area contributed by atoms with Crippen molar-refractivity contribution >= 4 is 10.0 Å². The summed E-state index contributed by atoms with van der Waals surface area (Å²) in [6, 6.07) is 0.822. The van der Waals surface area contributed by atoms with E-state index >= 15 is 0 Å². The molecule has 1 aliphatic heterocycles. The lowest BCUT2D eigenvalue weighted by atomic mass is 10.3. The van der Waals surface area contributed by atoms with Gasteiger partial charge in [0.1, 0.15) is 10.7 Å². The van der Waals surface area contributed by atoms with Crippen LogP contribution in [0, 0.1) is 5.82 Å². The highest BCUT2D eigenvalue weighted by Gasteiger charge is 2.31. The van der Waals surface area contributed by atoms with Gasteiger partial charge in [-0.3, -0.25) is 4.98 Å². The molecule has 0 unspecified atom stereocenters. The minimum Gasteiger partial charge on any atom is -0.326 e. The Balaban J connectivity index is 2.32. The van der Waals surface area contributed by atoms with Gasteiger partial charge in [0, 0.05) is 25.3 Å². The number of rotatable bonds is 2. The van der Waals surface area contributed by atoms with Crippen LogP contribution in [0.1, 0.15) is 6.42 Å². The maximum Gasteiger partial charge on any atom is 0.244 e. The van der Waals surface area contributed by atoms with Gasteiger partial charge in [-0.1, -0.05) is 0 Å². The van der Waals surface area contributed by atoms with Crippen molar-refractivity contribution in [3.63, 3.8) is 0 Å². The van der Waals surface area contributed by atoms with Gasteiger partial charge in [-0.15, -0.1) is 0 Å². The van der Waals surface area contributed by atoms with Gasteiger partial charge < -0.3 is 5.73 Å². The van der Waals surface area contributed by atoms with Crippen LogP contribution in [-0.4, -0.2) is 36.8 Å². The van der Waals surface area contributed by atoms with Crippen LogP contribution in [0.4, 0.5) is 4.39 Å². The number of nitrogens with zero attached hydrogens (tertiary/aromatic N) is 2. The monoisotopic (exact) mass is 245 g/mol. The van der Waals surface area contributed by atoms with Crippen molar-refractivity contribution in [1.82, 2.24) is 9.29 Å². The quantitative estimate of drug-likeness (QED) is 0.792. The summed E-state index contributed by atoms with van der Waals surface area (Å²) in [5.41, 5.74) is 5.63. The third-order valence-corrected chi connectivity index (χ3v) is 4.34. The van der Waals surface area contributed by atoms with Crippen molar-refractivity contribution in [1.29, 1.82) is 0 Å².